The van der Waals surface area contributed by atoms with Crippen molar-refractivity contribution in [1.29, 1.82) is 0 Å². The molecule has 4 aromatic heterocycles. The number of nitrogen functional groups attached to an aromatic ring is 3. The molecule has 6 unspecified atom stereocenters. The average molecular weight is 686 g/mol. The Morgan fingerprint density at radius 1 is 0.826 bits per heavy atom. The van der Waals surface area contributed by atoms with Crippen LogP contribution in [0.15, 0.2) is 12.7 Å². The highest BCUT2D eigenvalue weighted by Crippen LogP contribution is 2.55. The van der Waals surface area contributed by atoms with E-state index in [0.717, 1.165) is 0 Å². The first kappa shape index (κ1) is 31.0. The van der Waals surface area contributed by atoms with Gasteiger partial charge in [-0.15, -0.1) is 0 Å². The number of aromatic nitrogens is 8. The summed E-state index contributed by atoms with van der Waals surface area (Å²) in [6.07, 6.45) is -7.06. The number of nitrogens with two attached hydrogens (primary N) is 3. The Morgan fingerprint density at radius 2 is 1.43 bits per heavy atom. The Kier molecular flexibility index (Phi) is 7.41. The largest absolute Gasteiger partial charge is 0.857 e. The fraction of sp³-hybridized carbons (Fsp3) is 0.524. The Morgan fingerprint density at radius 3 is 2.17 bits per heavy atom. The van der Waals surface area contributed by atoms with Crippen molar-refractivity contribution in [1.82, 2.24) is 39.0 Å². The molecular formula is C21H26N11O12P2-. The standard InChI is InChI=1S/C21H27N11O12P2/c22-15-9-16(28-20(23)27-15)32(5-25-9)19-12(34)14-8(42-19)3-41-46(38,39)43-13-7(1-6(11(13)33)2-40-45(36,37)44-14)31-4-26-10-17(31)29-21(24)30-18(10)35/h4-8,11-14,19,33-34H,1-3H2,(H,36,37)(H,38,39)(H4,22,23,27,28)(H3,24,29,30,35)/p-1/t6-,7-,8-,11?,12?,13?,14?,19-/m1/s1. The predicted molar refractivity (Wildman–Crippen MR) is 148 cm³/mol. The van der Waals surface area contributed by atoms with Crippen LogP contribution in [-0.4, -0.2) is 103 Å². The van der Waals surface area contributed by atoms with Gasteiger partial charge in [-0.3, -0.25) is 22.7 Å². The van der Waals surface area contributed by atoms with Gasteiger partial charge in [0.15, 0.2) is 23.3 Å². The average Bonchev–Trinajstić information content (AvgIpc) is 3.72. The molecule has 248 valence electrons. The van der Waals surface area contributed by atoms with Gasteiger partial charge in [-0.2, -0.15) is 15.0 Å². The minimum Gasteiger partial charge on any atom is -0.857 e. The van der Waals surface area contributed by atoms with E-state index in [-0.39, 0.29) is 46.5 Å². The highest BCUT2D eigenvalue weighted by atomic mass is 31.2. The summed E-state index contributed by atoms with van der Waals surface area (Å²) in [6.45, 7) is -1.44. The second kappa shape index (κ2) is 11.0. The second-order valence-electron chi connectivity index (χ2n) is 10.8. The van der Waals surface area contributed by atoms with E-state index in [1.807, 2.05) is 0 Å². The summed E-state index contributed by atoms with van der Waals surface area (Å²) >= 11 is 0. The van der Waals surface area contributed by atoms with E-state index in [0.29, 0.717) is 0 Å². The van der Waals surface area contributed by atoms with Gasteiger partial charge in [-0.05, 0) is 6.42 Å². The minimum atomic E-state index is -5.06. The molecule has 10 atom stereocenters. The van der Waals surface area contributed by atoms with Gasteiger partial charge in [0, 0.05) is 11.8 Å². The quantitative estimate of drug-likeness (QED) is 0.109. The third-order valence-electron chi connectivity index (χ3n) is 7.92. The van der Waals surface area contributed by atoms with Crippen LogP contribution in [-0.2, 0) is 32.0 Å². The summed E-state index contributed by atoms with van der Waals surface area (Å²) in [5.74, 6) is -2.41. The summed E-state index contributed by atoms with van der Waals surface area (Å²) in [5.41, 5.74) is 17.2. The maximum absolute atomic E-state index is 13.3. The zero-order valence-corrected chi connectivity index (χ0v) is 24.9. The lowest BCUT2D eigenvalue weighted by atomic mass is 10.1. The number of phosphoric acid groups is 2. The molecular weight excluding hydrogens is 660 g/mol. The fourth-order valence-electron chi connectivity index (χ4n) is 5.88. The minimum absolute atomic E-state index is 0.0427. The fourth-order valence-corrected chi connectivity index (χ4v) is 7.86. The van der Waals surface area contributed by atoms with Crippen molar-refractivity contribution < 1.29 is 57.1 Å². The van der Waals surface area contributed by atoms with Crippen LogP contribution < -0.4 is 22.3 Å². The van der Waals surface area contributed by atoms with Crippen molar-refractivity contribution in [3.8, 4) is 5.88 Å². The highest BCUT2D eigenvalue weighted by Gasteiger charge is 2.53. The Bertz CT molecular complexity index is 1930. The molecule has 4 aromatic rings. The van der Waals surface area contributed by atoms with Crippen LogP contribution in [0.1, 0.15) is 18.7 Å². The maximum Gasteiger partial charge on any atom is 0.472 e. The number of aliphatic hydroxyl groups excluding tert-OH is 2. The van der Waals surface area contributed by atoms with Crippen molar-refractivity contribution in [2.75, 3.05) is 30.4 Å². The van der Waals surface area contributed by atoms with Crippen molar-refractivity contribution in [3.63, 3.8) is 0 Å². The van der Waals surface area contributed by atoms with Gasteiger partial charge in [0.1, 0.15) is 35.4 Å². The van der Waals surface area contributed by atoms with E-state index >= 15 is 0 Å². The summed E-state index contributed by atoms with van der Waals surface area (Å²) in [7, 11) is -10.1. The first-order valence-corrected chi connectivity index (χ1v) is 16.5. The van der Waals surface area contributed by atoms with Gasteiger partial charge in [-0.25, -0.2) is 24.1 Å². The normalized spacial score (nSPS) is 37.1. The number of hydrogen-bond acceptors (Lipinski definition) is 19. The van der Waals surface area contributed by atoms with Crippen molar-refractivity contribution in [2.45, 2.75) is 49.2 Å². The molecule has 0 radical (unpaired) electrons. The maximum atomic E-state index is 13.3. The van der Waals surface area contributed by atoms with Crippen molar-refractivity contribution >= 4 is 55.7 Å². The lowest BCUT2D eigenvalue weighted by molar-refractivity contribution is -0.272. The number of anilines is 3. The number of aliphatic hydroxyl groups is 2. The van der Waals surface area contributed by atoms with E-state index in [2.05, 4.69) is 29.9 Å². The number of hydrogen-bond donors (Lipinski definition) is 7. The molecule has 0 aromatic carbocycles. The topological polar surface area (TPSA) is 350 Å². The Labute approximate surface area is 256 Å². The molecule has 46 heavy (non-hydrogen) atoms. The van der Waals surface area contributed by atoms with Gasteiger partial charge in [0.05, 0.1) is 38.0 Å². The van der Waals surface area contributed by atoms with Crippen LogP contribution in [0.2, 0.25) is 0 Å². The molecule has 0 spiro atoms. The van der Waals surface area contributed by atoms with Gasteiger partial charge in [0.25, 0.3) is 0 Å². The molecule has 6 heterocycles. The summed E-state index contributed by atoms with van der Waals surface area (Å²) in [5, 5.41) is 34.6. The van der Waals surface area contributed by atoms with Crippen molar-refractivity contribution in [3.05, 3.63) is 12.7 Å². The lowest BCUT2D eigenvalue weighted by Crippen LogP contribution is -2.36. The van der Waals surface area contributed by atoms with Crippen LogP contribution in [0.4, 0.5) is 17.7 Å². The molecule has 2 bridgehead atoms. The predicted octanol–water partition coefficient (Wildman–Crippen LogP) is -2.32. The zero-order valence-electron chi connectivity index (χ0n) is 23.2. The van der Waals surface area contributed by atoms with E-state index in [1.54, 1.807) is 0 Å². The van der Waals surface area contributed by atoms with E-state index in [9.17, 15) is 34.2 Å². The summed E-state index contributed by atoms with van der Waals surface area (Å²) in [4.78, 5) is 44.9. The first-order chi connectivity index (χ1) is 21.7. The van der Waals surface area contributed by atoms with Gasteiger partial charge in [0.2, 0.25) is 11.9 Å². The molecule has 25 heteroatoms. The monoisotopic (exact) mass is 686 g/mol. The number of ether oxygens (including phenoxy) is 1. The third kappa shape index (κ3) is 5.34. The van der Waals surface area contributed by atoms with E-state index in [1.165, 1.54) is 21.8 Å². The number of imidazole rings is 2. The van der Waals surface area contributed by atoms with Crippen LogP contribution in [0.25, 0.3) is 22.3 Å². The van der Waals surface area contributed by atoms with E-state index in [4.69, 9.17) is 40.0 Å². The van der Waals surface area contributed by atoms with Gasteiger partial charge < -0.3 is 51.6 Å². The lowest BCUT2D eigenvalue weighted by Gasteiger charge is -2.26. The smallest absolute Gasteiger partial charge is 0.472 e. The molecule has 0 amide bonds. The second-order valence-corrected chi connectivity index (χ2v) is 13.6. The van der Waals surface area contributed by atoms with Gasteiger partial charge >= 0.3 is 15.6 Å². The number of phosphoric ester groups is 2. The van der Waals surface area contributed by atoms with Crippen LogP contribution in [0.5, 0.6) is 5.88 Å². The third-order valence-corrected chi connectivity index (χ3v) is 9.89. The SMILES string of the molecule is Nc1nc([O-])c2ncn([C@@H]3C[C@@H]4COP(=O)(O)OC5C(O)[C@H](n6cnc7c(N)nc(N)nc76)O[C@@H]5COP(=O)(O)OC3C4O)c2n1. The molecule has 1 saturated carbocycles. The van der Waals surface area contributed by atoms with Gasteiger partial charge in [-0.1, -0.05) is 0 Å². The first-order valence-electron chi connectivity index (χ1n) is 13.5. The van der Waals surface area contributed by atoms with Crippen LogP contribution in [0.3, 0.4) is 0 Å². The molecule has 2 saturated heterocycles. The summed E-state index contributed by atoms with van der Waals surface area (Å²) in [6, 6.07) is -1.02. The van der Waals surface area contributed by atoms with Crippen LogP contribution >= 0.6 is 15.6 Å². The number of fused-ring (bicyclic) bond motifs is 5. The number of nitrogens with zero attached hydrogens (tertiary/aromatic N) is 8. The molecule has 2 aliphatic heterocycles. The molecule has 7 rings (SSSR count). The highest BCUT2D eigenvalue weighted by molar-refractivity contribution is 7.47. The molecule has 1 aliphatic carbocycles. The molecule has 10 N–H and O–H groups in total. The molecule has 3 aliphatic rings. The Balaban J connectivity index is 1.21. The number of rotatable bonds is 2. The van der Waals surface area contributed by atoms with Crippen LogP contribution in [0, 0.1) is 5.92 Å². The summed E-state index contributed by atoms with van der Waals surface area (Å²) < 4.78 is 55.9. The molecule has 23 nitrogen and oxygen atoms in total. The van der Waals surface area contributed by atoms with Crippen molar-refractivity contribution in [2.24, 2.45) is 5.92 Å². The molecule has 3 fully saturated rings. The van der Waals surface area contributed by atoms with E-state index < -0.39 is 83.4 Å². The Hall–Kier alpha value is -3.60. The zero-order chi connectivity index (χ0) is 32.7.